The summed E-state index contributed by atoms with van der Waals surface area (Å²) in [5.74, 6) is 1.62. The number of alkyl halides is 3. The molecule has 0 amide bonds. The number of anilines is 2. The van der Waals surface area contributed by atoms with E-state index in [0.717, 1.165) is 43.8 Å². The van der Waals surface area contributed by atoms with E-state index in [4.69, 9.17) is 10.5 Å². The van der Waals surface area contributed by atoms with Gasteiger partial charge in [-0.1, -0.05) is 32.4 Å². The van der Waals surface area contributed by atoms with Crippen molar-refractivity contribution in [1.82, 2.24) is 24.8 Å². The Labute approximate surface area is 230 Å². The van der Waals surface area contributed by atoms with E-state index in [2.05, 4.69) is 44.0 Å². The monoisotopic (exact) mass is 551 g/mol. The molecule has 40 heavy (non-hydrogen) atoms. The van der Waals surface area contributed by atoms with Gasteiger partial charge in [-0.25, -0.2) is 19.9 Å². The van der Waals surface area contributed by atoms with Crippen molar-refractivity contribution < 1.29 is 17.9 Å². The molecule has 0 saturated carbocycles. The van der Waals surface area contributed by atoms with Crippen molar-refractivity contribution in [3.8, 4) is 22.9 Å². The van der Waals surface area contributed by atoms with Crippen molar-refractivity contribution in [2.45, 2.75) is 45.3 Å². The fourth-order valence-corrected chi connectivity index (χ4v) is 5.05. The number of pyridine rings is 2. The first-order chi connectivity index (χ1) is 19.2. The third-order valence-electron chi connectivity index (χ3n) is 6.88. The van der Waals surface area contributed by atoms with Crippen LogP contribution in [0.5, 0.6) is 11.6 Å². The van der Waals surface area contributed by atoms with Gasteiger partial charge in [0.15, 0.2) is 5.75 Å². The quantitative estimate of drug-likeness (QED) is 0.259. The molecule has 1 saturated heterocycles. The summed E-state index contributed by atoms with van der Waals surface area (Å²) >= 11 is 0. The summed E-state index contributed by atoms with van der Waals surface area (Å²) in [7, 11) is 0. The maximum absolute atomic E-state index is 13.6. The molecule has 0 spiro atoms. The third kappa shape index (κ3) is 6.41. The second-order valence-electron chi connectivity index (χ2n) is 10.4. The molecule has 1 aliphatic rings. The molecular formula is C29H32F3N7O. The summed E-state index contributed by atoms with van der Waals surface area (Å²) in [6, 6.07) is 13.1. The van der Waals surface area contributed by atoms with Gasteiger partial charge in [-0.2, -0.15) is 13.2 Å². The number of ether oxygens (including phenoxy) is 1. The van der Waals surface area contributed by atoms with Gasteiger partial charge in [0.2, 0.25) is 5.88 Å². The molecule has 210 valence electrons. The SMILES string of the molecule is CC(C)CN1CCCCC1CNc1nc(C(F)(F)F)ccc1-c1cc(Oc2cccc3ccc(N)nc23)ncn1. The Morgan fingerprint density at radius 3 is 2.73 bits per heavy atom. The number of nitrogen functional groups attached to an aromatic ring is 1. The molecule has 0 aliphatic carbocycles. The lowest BCUT2D eigenvalue weighted by Gasteiger charge is -2.37. The largest absolute Gasteiger partial charge is 0.437 e. The molecule has 4 aromatic rings. The number of likely N-dealkylation sites (tertiary alicyclic amines) is 1. The van der Waals surface area contributed by atoms with Crippen molar-refractivity contribution in [2.24, 2.45) is 5.92 Å². The van der Waals surface area contributed by atoms with Crippen LogP contribution < -0.4 is 15.8 Å². The van der Waals surface area contributed by atoms with Crippen LogP contribution in [-0.4, -0.2) is 50.5 Å². The number of benzene rings is 1. The van der Waals surface area contributed by atoms with Crippen molar-refractivity contribution in [1.29, 1.82) is 0 Å². The second kappa shape index (κ2) is 11.6. The van der Waals surface area contributed by atoms with E-state index in [-0.39, 0.29) is 17.7 Å². The van der Waals surface area contributed by atoms with Crippen molar-refractivity contribution in [3.63, 3.8) is 0 Å². The number of para-hydroxylation sites is 1. The van der Waals surface area contributed by atoms with Crippen LogP contribution >= 0.6 is 0 Å². The van der Waals surface area contributed by atoms with Gasteiger partial charge in [0.1, 0.15) is 29.2 Å². The van der Waals surface area contributed by atoms with Crippen molar-refractivity contribution in [2.75, 3.05) is 30.7 Å². The van der Waals surface area contributed by atoms with Gasteiger partial charge in [0, 0.05) is 36.1 Å². The Balaban J connectivity index is 1.45. The Hall–Kier alpha value is -3.99. The lowest BCUT2D eigenvalue weighted by atomic mass is 10.0. The smallest absolute Gasteiger partial charge is 0.433 e. The van der Waals surface area contributed by atoms with Crippen LogP contribution in [0.2, 0.25) is 0 Å². The fourth-order valence-electron chi connectivity index (χ4n) is 5.05. The summed E-state index contributed by atoms with van der Waals surface area (Å²) in [4.78, 5) is 19.3. The van der Waals surface area contributed by atoms with Gasteiger partial charge < -0.3 is 15.8 Å². The highest BCUT2D eigenvalue weighted by Gasteiger charge is 2.33. The van der Waals surface area contributed by atoms with E-state index < -0.39 is 11.9 Å². The van der Waals surface area contributed by atoms with Crippen LogP contribution in [0.4, 0.5) is 24.8 Å². The molecule has 1 atom stereocenters. The first-order valence-electron chi connectivity index (χ1n) is 13.4. The molecule has 4 heterocycles. The molecular weight excluding hydrogens is 519 g/mol. The minimum atomic E-state index is -4.58. The van der Waals surface area contributed by atoms with Crippen LogP contribution in [0.15, 0.2) is 54.9 Å². The highest BCUT2D eigenvalue weighted by atomic mass is 19.4. The van der Waals surface area contributed by atoms with E-state index in [9.17, 15) is 13.2 Å². The zero-order chi connectivity index (χ0) is 28.3. The molecule has 11 heteroatoms. The summed E-state index contributed by atoms with van der Waals surface area (Å²) < 4.78 is 46.9. The van der Waals surface area contributed by atoms with Gasteiger partial charge in [-0.05, 0) is 55.6 Å². The van der Waals surface area contributed by atoms with Gasteiger partial charge in [-0.15, -0.1) is 0 Å². The number of nitrogens with one attached hydrogen (secondary N) is 1. The van der Waals surface area contributed by atoms with Crippen molar-refractivity contribution in [3.05, 3.63) is 60.6 Å². The molecule has 5 rings (SSSR count). The molecule has 3 N–H and O–H groups in total. The van der Waals surface area contributed by atoms with Gasteiger partial charge in [0.05, 0.1) is 5.69 Å². The van der Waals surface area contributed by atoms with Gasteiger partial charge >= 0.3 is 6.18 Å². The number of piperidine rings is 1. The standard InChI is InChI=1S/C29H32F3N7O/c1-18(2)16-39-13-4-3-7-20(39)15-34-28-21(10-11-24(37-28)29(30,31)32)22-14-26(36-17-35-22)40-23-8-5-6-19-9-12-25(33)38-27(19)23/h5-6,8-12,14,17-18,20H,3-4,7,13,15-16H2,1-2H3,(H2,33,38)(H,34,37). The Bertz CT molecular complexity index is 1480. The summed E-state index contributed by atoms with van der Waals surface area (Å²) in [6.07, 6.45) is -0.0792. The average molecular weight is 552 g/mol. The number of fused-ring (bicyclic) bond motifs is 1. The number of hydrogen-bond acceptors (Lipinski definition) is 8. The number of rotatable bonds is 8. The zero-order valence-electron chi connectivity index (χ0n) is 22.4. The van der Waals surface area contributed by atoms with Crippen LogP contribution in [0.25, 0.3) is 22.2 Å². The van der Waals surface area contributed by atoms with E-state index >= 15 is 0 Å². The number of nitrogens with two attached hydrogens (primary N) is 1. The van der Waals surface area contributed by atoms with E-state index in [1.54, 1.807) is 18.2 Å². The van der Waals surface area contributed by atoms with Gasteiger partial charge in [-0.3, -0.25) is 4.90 Å². The van der Waals surface area contributed by atoms with Crippen LogP contribution in [0.3, 0.4) is 0 Å². The summed E-state index contributed by atoms with van der Waals surface area (Å²) in [5.41, 5.74) is 6.28. The first kappa shape index (κ1) is 27.6. The highest BCUT2D eigenvalue weighted by Crippen LogP contribution is 2.35. The van der Waals surface area contributed by atoms with Crippen LogP contribution in [0, 0.1) is 5.92 Å². The molecule has 3 aromatic heterocycles. The minimum Gasteiger partial charge on any atom is -0.437 e. The van der Waals surface area contributed by atoms with E-state index in [1.165, 1.54) is 12.4 Å². The zero-order valence-corrected chi connectivity index (χ0v) is 22.4. The molecule has 1 fully saturated rings. The van der Waals surface area contributed by atoms with E-state index in [0.29, 0.717) is 40.8 Å². The topological polar surface area (TPSA) is 102 Å². The molecule has 0 radical (unpaired) electrons. The maximum atomic E-state index is 13.6. The predicted octanol–water partition coefficient (Wildman–Crippen LogP) is 6.40. The Morgan fingerprint density at radius 1 is 1.07 bits per heavy atom. The number of aromatic nitrogens is 4. The lowest BCUT2D eigenvalue weighted by molar-refractivity contribution is -0.141. The summed E-state index contributed by atoms with van der Waals surface area (Å²) in [6.45, 7) is 6.74. The van der Waals surface area contributed by atoms with Crippen LogP contribution in [-0.2, 0) is 6.18 Å². The highest BCUT2D eigenvalue weighted by molar-refractivity contribution is 5.86. The van der Waals surface area contributed by atoms with Crippen LogP contribution in [0.1, 0.15) is 38.8 Å². The van der Waals surface area contributed by atoms with Gasteiger partial charge in [0.25, 0.3) is 0 Å². The number of halogens is 3. The lowest BCUT2D eigenvalue weighted by Crippen LogP contribution is -2.45. The summed E-state index contributed by atoms with van der Waals surface area (Å²) in [5, 5.41) is 4.06. The number of nitrogens with zero attached hydrogens (tertiary/aromatic N) is 5. The predicted molar refractivity (Wildman–Crippen MR) is 149 cm³/mol. The maximum Gasteiger partial charge on any atom is 0.433 e. The fraction of sp³-hybridized carbons (Fsp3) is 0.379. The van der Waals surface area contributed by atoms with E-state index in [1.807, 2.05) is 18.2 Å². The first-order valence-corrected chi connectivity index (χ1v) is 13.4. The minimum absolute atomic E-state index is 0.120. The molecule has 1 aromatic carbocycles. The normalized spacial score (nSPS) is 16.4. The Morgan fingerprint density at radius 2 is 1.93 bits per heavy atom. The molecule has 8 nitrogen and oxygen atoms in total. The average Bonchev–Trinajstić information content (AvgIpc) is 2.92. The second-order valence-corrected chi connectivity index (χ2v) is 10.4. The van der Waals surface area contributed by atoms with Crippen molar-refractivity contribution >= 4 is 22.5 Å². The third-order valence-corrected chi connectivity index (χ3v) is 6.88. The number of hydrogen-bond donors (Lipinski definition) is 2. The molecule has 1 aliphatic heterocycles. The Kier molecular flexibility index (Phi) is 8.02. The molecule has 0 bridgehead atoms. The molecule has 1 unspecified atom stereocenters.